The zero-order chi connectivity index (χ0) is 25.5. The summed E-state index contributed by atoms with van der Waals surface area (Å²) in [5.41, 5.74) is 4.79. The average molecular weight is 499 g/mol. The van der Waals surface area contributed by atoms with Crippen LogP contribution in [0.25, 0.3) is 10.9 Å². The molecule has 0 bridgehead atoms. The second-order valence-corrected chi connectivity index (χ2v) is 11.7. The number of hydrogen-bond acceptors (Lipinski definition) is 3. The number of piperidine rings is 2. The largest absolute Gasteiger partial charge is 0.361 e. The standard InChI is InChI=1S/C31H38N4O2/c1-30(12-6-16-32-21-30)29(37)34-27(19-23-20-33-26-10-5-3-8-24(23)26)28(36)35-17-14-31(15-18-35)13-11-22-7-2-4-9-25(22)31/h2-5,7-10,20,27,32-33H,6,11-19,21H2,1H3,(H,34,37)/t27-,30-/m1/s1. The zero-order valence-corrected chi connectivity index (χ0v) is 21.8. The zero-order valence-electron chi connectivity index (χ0n) is 21.8. The number of fused-ring (bicyclic) bond motifs is 3. The van der Waals surface area contributed by atoms with Crippen LogP contribution in [0.2, 0.25) is 0 Å². The molecular weight excluding hydrogens is 460 g/mol. The predicted octanol–water partition coefficient (Wildman–Crippen LogP) is 4.09. The SMILES string of the molecule is C[C@@]1(C(=O)N[C@H](Cc2c[nH]c3ccccc23)C(=O)N2CCC3(CCc4ccccc43)CC2)CCCNC1. The van der Waals surface area contributed by atoms with E-state index in [1.54, 1.807) is 0 Å². The lowest BCUT2D eigenvalue weighted by Gasteiger charge is -2.41. The number of carbonyl (C=O) groups is 2. The van der Waals surface area contributed by atoms with Gasteiger partial charge in [-0.3, -0.25) is 9.59 Å². The van der Waals surface area contributed by atoms with Crippen LogP contribution in [-0.4, -0.2) is 53.9 Å². The van der Waals surface area contributed by atoms with Gasteiger partial charge in [-0.2, -0.15) is 0 Å². The quantitative estimate of drug-likeness (QED) is 0.496. The summed E-state index contributed by atoms with van der Waals surface area (Å²) in [7, 11) is 0. The van der Waals surface area contributed by atoms with Crippen molar-refractivity contribution in [3.05, 3.63) is 71.4 Å². The molecule has 3 N–H and O–H groups in total. The summed E-state index contributed by atoms with van der Waals surface area (Å²) in [6.07, 6.45) is 8.58. The molecule has 2 atom stereocenters. The van der Waals surface area contributed by atoms with Crippen molar-refractivity contribution in [3.63, 3.8) is 0 Å². The number of likely N-dealkylation sites (tertiary alicyclic amines) is 1. The van der Waals surface area contributed by atoms with Gasteiger partial charge < -0.3 is 20.5 Å². The first kappa shape index (κ1) is 24.2. The number of amides is 2. The van der Waals surface area contributed by atoms with E-state index in [4.69, 9.17) is 0 Å². The Hall–Kier alpha value is -3.12. The van der Waals surface area contributed by atoms with Crippen LogP contribution < -0.4 is 10.6 Å². The summed E-state index contributed by atoms with van der Waals surface area (Å²) in [4.78, 5) is 32.9. The number of benzene rings is 2. The molecule has 2 aromatic carbocycles. The van der Waals surface area contributed by atoms with Crippen LogP contribution >= 0.6 is 0 Å². The molecular formula is C31H38N4O2. The number of nitrogens with zero attached hydrogens (tertiary/aromatic N) is 1. The van der Waals surface area contributed by atoms with Crippen molar-refractivity contribution in [2.45, 2.75) is 63.3 Å². The summed E-state index contributed by atoms with van der Waals surface area (Å²) in [6.45, 7) is 5.10. The van der Waals surface area contributed by atoms with Gasteiger partial charge in [0.05, 0.1) is 5.41 Å². The van der Waals surface area contributed by atoms with E-state index in [0.29, 0.717) is 13.0 Å². The molecule has 3 heterocycles. The normalized spacial score (nSPS) is 23.6. The Morgan fingerprint density at radius 3 is 2.62 bits per heavy atom. The molecule has 2 amide bonds. The van der Waals surface area contributed by atoms with E-state index in [1.165, 1.54) is 17.5 Å². The molecule has 2 saturated heterocycles. The van der Waals surface area contributed by atoms with Gasteiger partial charge in [0.15, 0.2) is 0 Å². The number of carbonyl (C=O) groups excluding carboxylic acids is 2. The van der Waals surface area contributed by atoms with Crippen molar-refractivity contribution < 1.29 is 9.59 Å². The van der Waals surface area contributed by atoms with Crippen LogP contribution in [0.3, 0.4) is 0 Å². The van der Waals surface area contributed by atoms with Gasteiger partial charge in [0.25, 0.3) is 0 Å². The van der Waals surface area contributed by atoms with E-state index in [-0.39, 0.29) is 17.2 Å². The Labute approximate surface area is 219 Å². The minimum Gasteiger partial charge on any atom is -0.361 e. The molecule has 3 aliphatic rings. The van der Waals surface area contributed by atoms with E-state index in [0.717, 1.165) is 68.2 Å². The molecule has 6 rings (SSSR count). The first-order valence-electron chi connectivity index (χ1n) is 13.9. The number of nitrogens with one attached hydrogen (secondary N) is 3. The molecule has 37 heavy (non-hydrogen) atoms. The van der Waals surface area contributed by atoms with Gasteiger partial charge in [-0.25, -0.2) is 0 Å². The summed E-state index contributed by atoms with van der Waals surface area (Å²) in [6, 6.07) is 16.4. The number of aryl methyl sites for hydroxylation is 1. The van der Waals surface area contributed by atoms with Gasteiger partial charge in [0, 0.05) is 43.2 Å². The van der Waals surface area contributed by atoms with E-state index >= 15 is 0 Å². The maximum atomic E-state index is 14.0. The molecule has 0 radical (unpaired) electrons. The Kier molecular flexibility index (Phi) is 6.31. The molecule has 3 aromatic rings. The third-order valence-electron chi connectivity index (χ3n) is 9.34. The molecule has 1 aromatic heterocycles. The minimum atomic E-state index is -0.574. The van der Waals surface area contributed by atoms with Crippen molar-refractivity contribution >= 4 is 22.7 Å². The fraction of sp³-hybridized carbons (Fsp3) is 0.484. The van der Waals surface area contributed by atoms with Crippen molar-refractivity contribution in [1.29, 1.82) is 0 Å². The molecule has 2 fully saturated rings. The summed E-state index contributed by atoms with van der Waals surface area (Å²) < 4.78 is 0. The third kappa shape index (κ3) is 4.46. The fourth-order valence-electron chi connectivity index (χ4n) is 6.96. The highest BCUT2D eigenvalue weighted by Gasteiger charge is 2.43. The molecule has 0 saturated carbocycles. The van der Waals surface area contributed by atoms with E-state index in [2.05, 4.69) is 45.9 Å². The summed E-state index contributed by atoms with van der Waals surface area (Å²) in [5, 5.41) is 7.70. The molecule has 1 aliphatic carbocycles. The second-order valence-electron chi connectivity index (χ2n) is 11.7. The van der Waals surface area contributed by atoms with Crippen LogP contribution in [0.15, 0.2) is 54.7 Å². The number of aromatic amines is 1. The van der Waals surface area contributed by atoms with Crippen LogP contribution in [0.1, 0.15) is 55.7 Å². The van der Waals surface area contributed by atoms with Gasteiger partial charge in [0.2, 0.25) is 11.8 Å². The predicted molar refractivity (Wildman–Crippen MR) is 146 cm³/mol. The molecule has 1 spiro atoms. The van der Waals surface area contributed by atoms with Gasteiger partial charge in [-0.1, -0.05) is 42.5 Å². The molecule has 6 nitrogen and oxygen atoms in total. The van der Waals surface area contributed by atoms with Gasteiger partial charge in [-0.05, 0) is 80.2 Å². The number of rotatable bonds is 5. The fourth-order valence-corrected chi connectivity index (χ4v) is 6.96. The Bertz CT molecular complexity index is 1300. The summed E-state index contributed by atoms with van der Waals surface area (Å²) in [5.74, 6) is 0.0308. The molecule has 194 valence electrons. The average Bonchev–Trinajstić information content (AvgIpc) is 3.50. The molecule has 0 unspecified atom stereocenters. The van der Waals surface area contributed by atoms with Crippen LogP contribution in [0, 0.1) is 5.41 Å². The van der Waals surface area contributed by atoms with Crippen molar-refractivity contribution in [3.8, 4) is 0 Å². The van der Waals surface area contributed by atoms with E-state index < -0.39 is 11.5 Å². The molecule has 2 aliphatic heterocycles. The highest BCUT2D eigenvalue weighted by atomic mass is 16.2. The number of para-hydroxylation sites is 1. The van der Waals surface area contributed by atoms with E-state index in [1.807, 2.05) is 36.2 Å². The Morgan fingerprint density at radius 1 is 1.03 bits per heavy atom. The molecule has 6 heteroatoms. The Balaban J connectivity index is 1.22. The van der Waals surface area contributed by atoms with Gasteiger partial charge in [-0.15, -0.1) is 0 Å². The number of H-pyrrole nitrogens is 1. The Morgan fingerprint density at radius 2 is 1.81 bits per heavy atom. The monoisotopic (exact) mass is 498 g/mol. The van der Waals surface area contributed by atoms with Crippen LogP contribution in [0.5, 0.6) is 0 Å². The highest BCUT2D eigenvalue weighted by Crippen LogP contribution is 2.46. The van der Waals surface area contributed by atoms with Crippen LogP contribution in [0.4, 0.5) is 0 Å². The maximum absolute atomic E-state index is 14.0. The minimum absolute atomic E-state index is 0.0175. The lowest BCUT2D eigenvalue weighted by molar-refractivity contribution is -0.140. The maximum Gasteiger partial charge on any atom is 0.245 e. The topological polar surface area (TPSA) is 77.2 Å². The number of aromatic nitrogens is 1. The highest BCUT2D eigenvalue weighted by molar-refractivity contribution is 5.91. The number of hydrogen-bond donors (Lipinski definition) is 3. The van der Waals surface area contributed by atoms with E-state index in [9.17, 15) is 9.59 Å². The first-order chi connectivity index (χ1) is 18.0. The smallest absolute Gasteiger partial charge is 0.245 e. The summed E-state index contributed by atoms with van der Waals surface area (Å²) >= 11 is 0. The van der Waals surface area contributed by atoms with Crippen molar-refractivity contribution in [1.82, 2.24) is 20.5 Å². The van der Waals surface area contributed by atoms with Gasteiger partial charge >= 0.3 is 0 Å². The van der Waals surface area contributed by atoms with Crippen LogP contribution in [-0.2, 0) is 27.8 Å². The first-order valence-corrected chi connectivity index (χ1v) is 13.9. The second kappa shape index (κ2) is 9.64. The van der Waals surface area contributed by atoms with Gasteiger partial charge in [0.1, 0.15) is 6.04 Å². The van der Waals surface area contributed by atoms with Crippen molar-refractivity contribution in [2.24, 2.45) is 5.41 Å². The lowest BCUT2D eigenvalue weighted by atomic mass is 9.73. The lowest BCUT2D eigenvalue weighted by Crippen LogP contribution is -2.57. The van der Waals surface area contributed by atoms with Crippen molar-refractivity contribution in [2.75, 3.05) is 26.2 Å². The third-order valence-corrected chi connectivity index (χ3v) is 9.34.